The lowest BCUT2D eigenvalue weighted by Gasteiger charge is -2.06. The Morgan fingerprint density at radius 1 is 1.92 bits per heavy atom. The summed E-state index contributed by atoms with van der Waals surface area (Å²) >= 11 is 0. The van der Waals surface area contributed by atoms with Gasteiger partial charge in [-0.15, -0.1) is 0 Å². The van der Waals surface area contributed by atoms with E-state index < -0.39 is 12.0 Å². The first kappa shape index (κ1) is 9.22. The summed E-state index contributed by atoms with van der Waals surface area (Å²) in [5.74, 6) is -0.936. The first-order chi connectivity index (χ1) is 6.15. The Morgan fingerprint density at radius 2 is 2.62 bits per heavy atom. The zero-order valence-corrected chi connectivity index (χ0v) is 6.71. The van der Waals surface area contributed by atoms with Gasteiger partial charge in [0.25, 0.3) is 0 Å². The molecule has 0 bridgehead atoms. The highest BCUT2D eigenvalue weighted by Crippen LogP contribution is 1.96. The fourth-order valence-corrected chi connectivity index (χ4v) is 0.860. The number of carboxylic acids is 1. The molecule has 1 rings (SSSR count). The number of rotatable bonds is 3. The number of hydrogen-bond donors (Lipinski definition) is 2. The summed E-state index contributed by atoms with van der Waals surface area (Å²) in [7, 11) is 0. The van der Waals surface area contributed by atoms with E-state index in [9.17, 15) is 4.79 Å². The molecule has 1 heterocycles. The van der Waals surface area contributed by atoms with Crippen LogP contribution in [-0.4, -0.2) is 26.7 Å². The van der Waals surface area contributed by atoms with E-state index in [0.29, 0.717) is 0 Å². The maximum absolute atomic E-state index is 10.4. The van der Waals surface area contributed by atoms with Gasteiger partial charge in [0.1, 0.15) is 12.1 Å². The quantitative estimate of drug-likeness (QED) is 0.631. The van der Waals surface area contributed by atoms with Crippen LogP contribution in [0, 0.1) is 11.3 Å². The van der Waals surface area contributed by atoms with E-state index >= 15 is 0 Å². The van der Waals surface area contributed by atoms with Gasteiger partial charge < -0.3 is 15.4 Å². The number of aromatic nitrogens is 2. The number of hydrogen-bond acceptors (Lipinski definition) is 4. The molecule has 0 saturated heterocycles. The molecule has 1 aromatic heterocycles. The Bertz CT molecular complexity index is 352. The smallest absolute Gasteiger partial charge is 0.322 e. The molecular weight excluding hydrogens is 172 g/mol. The molecule has 3 N–H and O–H groups in total. The van der Waals surface area contributed by atoms with Crippen molar-refractivity contribution in [1.29, 1.82) is 5.26 Å². The summed E-state index contributed by atoms with van der Waals surface area (Å²) in [6.45, 7) is 0.0538. The van der Waals surface area contributed by atoms with Gasteiger partial charge >= 0.3 is 5.97 Å². The Kier molecular flexibility index (Phi) is 2.62. The van der Waals surface area contributed by atoms with Crippen molar-refractivity contribution < 1.29 is 9.90 Å². The molecule has 1 unspecified atom stereocenters. The zero-order chi connectivity index (χ0) is 9.84. The van der Waals surface area contributed by atoms with Crippen LogP contribution in [0.1, 0.15) is 5.82 Å². The minimum atomic E-state index is -1.10. The number of nitrogens with two attached hydrogens (primary N) is 1. The largest absolute Gasteiger partial charge is 0.480 e. The first-order valence-electron chi connectivity index (χ1n) is 3.54. The molecule has 1 atom stereocenters. The monoisotopic (exact) mass is 180 g/mol. The molecule has 0 amide bonds. The zero-order valence-electron chi connectivity index (χ0n) is 6.71. The number of aliphatic carboxylic acids is 1. The highest BCUT2D eigenvalue weighted by Gasteiger charge is 2.13. The SMILES string of the molecule is N#Cc1nccn1CC(N)C(=O)O. The van der Waals surface area contributed by atoms with Crippen LogP contribution in [0.5, 0.6) is 0 Å². The standard InChI is InChI=1S/C7H8N4O2/c8-3-6-10-1-2-11(6)4-5(9)7(12)13/h1-2,5H,4,9H2,(H,12,13). The molecule has 0 spiro atoms. The second-order valence-corrected chi connectivity index (χ2v) is 2.46. The number of carbonyl (C=O) groups is 1. The Labute approximate surface area is 74.2 Å². The molecule has 0 aliphatic carbocycles. The lowest BCUT2D eigenvalue weighted by molar-refractivity contribution is -0.138. The van der Waals surface area contributed by atoms with Crippen molar-refractivity contribution in [2.45, 2.75) is 12.6 Å². The van der Waals surface area contributed by atoms with Crippen molar-refractivity contribution in [3.63, 3.8) is 0 Å². The molecule has 6 nitrogen and oxygen atoms in total. The second kappa shape index (κ2) is 3.69. The van der Waals surface area contributed by atoms with Gasteiger partial charge in [0, 0.05) is 12.4 Å². The van der Waals surface area contributed by atoms with E-state index in [2.05, 4.69) is 4.98 Å². The van der Waals surface area contributed by atoms with E-state index in [1.807, 2.05) is 6.07 Å². The highest BCUT2D eigenvalue weighted by molar-refractivity contribution is 5.72. The van der Waals surface area contributed by atoms with Crippen LogP contribution in [0.4, 0.5) is 0 Å². The van der Waals surface area contributed by atoms with Gasteiger partial charge in [0.2, 0.25) is 5.82 Å². The average molecular weight is 180 g/mol. The highest BCUT2D eigenvalue weighted by atomic mass is 16.4. The van der Waals surface area contributed by atoms with Gasteiger partial charge in [-0.3, -0.25) is 4.79 Å². The molecule has 13 heavy (non-hydrogen) atoms. The number of nitriles is 1. The fraction of sp³-hybridized carbons (Fsp3) is 0.286. The fourth-order valence-electron chi connectivity index (χ4n) is 0.860. The second-order valence-electron chi connectivity index (χ2n) is 2.46. The van der Waals surface area contributed by atoms with Crippen LogP contribution >= 0.6 is 0 Å². The van der Waals surface area contributed by atoms with Crippen molar-refractivity contribution in [2.24, 2.45) is 5.73 Å². The number of imidazole rings is 1. The normalized spacial score (nSPS) is 12.0. The minimum absolute atomic E-state index is 0.0538. The minimum Gasteiger partial charge on any atom is -0.480 e. The van der Waals surface area contributed by atoms with Crippen LogP contribution in [0.2, 0.25) is 0 Å². The first-order valence-corrected chi connectivity index (χ1v) is 3.54. The van der Waals surface area contributed by atoms with Crippen LogP contribution < -0.4 is 5.73 Å². The third-order valence-electron chi connectivity index (χ3n) is 1.53. The summed E-state index contributed by atoms with van der Waals surface area (Å²) in [5.41, 5.74) is 5.27. The predicted molar refractivity (Wildman–Crippen MR) is 42.6 cm³/mol. The molecule has 0 fully saturated rings. The molecule has 0 aromatic carbocycles. The van der Waals surface area contributed by atoms with E-state index in [4.69, 9.17) is 16.1 Å². The lowest BCUT2D eigenvalue weighted by Crippen LogP contribution is -2.34. The molecule has 0 aliphatic rings. The summed E-state index contributed by atoms with van der Waals surface area (Å²) in [5, 5.41) is 17.0. The predicted octanol–water partition coefficient (Wildman–Crippen LogP) is -0.833. The number of nitrogens with zero attached hydrogens (tertiary/aromatic N) is 3. The van der Waals surface area contributed by atoms with Gasteiger partial charge in [-0.1, -0.05) is 0 Å². The van der Waals surface area contributed by atoms with Crippen molar-refractivity contribution in [2.75, 3.05) is 0 Å². The molecule has 0 saturated carbocycles. The Balaban J connectivity index is 2.75. The topological polar surface area (TPSA) is 105 Å². The molecule has 6 heteroatoms. The van der Waals surface area contributed by atoms with Crippen molar-refractivity contribution in [3.05, 3.63) is 18.2 Å². The van der Waals surface area contributed by atoms with Gasteiger partial charge in [0.05, 0.1) is 6.54 Å². The number of carboxylic acid groups (broad SMARTS) is 1. The lowest BCUT2D eigenvalue weighted by atomic mass is 10.3. The van der Waals surface area contributed by atoms with Crippen LogP contribution in [0.25, 0.3) is 0 Å². The summed E-state index contributed by atoms with van der Waals surface area (Å²) in [6.07, 6.45) is 2.94. The third kappa shape index (κ3) is 2.04. The van der Waals surface area contributed by atoms with Gasteiger partial charge in [-0.2, -0.15) is 5.26 Å². The van der Waals surface area contributed by atoms with Crippen molar-refractivity contribution in [3.8, 4) is 6.07 Å². The molecule has 0 aliphatic heterocycles. The van der Waals surface area contributed by atoms with Gasteiger partial charge in [-0.05, 0) is 0 Å². The summed E-state index contributed by atoms with van der Waals surface area (Å²) in [4.78, 5) is 14.1. The van der Waals surface area contributed by atoms with Gasteiger partial charge in [-0.25, -0.2) is 4.98 Å². The van der Waals surface area contributed by atoms with E-state index in [-0.39, 0.29) is 12.4 Å². The molecule has 68 valence electrons. The molecule has 0 radical (unpaired) electrons. The van der Waals surface area contributed by atoms with Crippen LogP contribution in [0.15, 0.2) is 12.4 Å². The maximum atomic E-state index is 10.4. The van der Waals surface area contributed by atoms with Crippen molar-refractivity contribution in [1.82, 2.24) is 9.55 Å². The summed E-state index contributed by atoms with van der Waals surface area (Å²) in [6, 6.07) is 0.811. The van der Waals surface area contributed by atoms with E-state index in [1.54, 1.807) is 0 Å². The third-order valence-corrected chi connectivity index (χ3v) is 1.53. The molecular formula is C7H8N4O2. The average Bonchev–Trinajstić information content (AvgIpc) is 2.51. The Morgan fingerprint density at radius 3 is 3.15 bits per heavy atom. The van der Waals surface area contributed by atoms with E-state index in [0.717, 1.165) is 0 Å². The maximum Gasteiger partial charge on any atom is 0.322 e. The Hall–Kier alpha value is -1.87. The van der Waals surface area contributed by atoms with Crippen molar-refractivity contribution >= 4 is 5.97 Å². The molecule has 1 aromatic rings. The van der Waals surface area contributed by atoms with Crippen LogP contribution in [0.3, 0.4) is 0 Å². The summed E-state index contributed by atoms with van der Waals surface area (Å²) < 4.78 is 1.40. The van der Waals surface area contributed by atoms with Gasteiger partial charge in [0.15, 0.2) is 0 Å². The van der Waals surface area contributed by atoms with E-state index in [1.165, 1.54) is 17.0 Å². The van der Waals surface area contributed by atoms with Crippen LogP contribution in [-0.2, 0) is 11.3 Å².